The highest BCUT2D eigenvalue weighted by Crippen LogP contribution is 2.17. The number of rotatable bonds is 3. The van der Waals surface area contributed by atoms with Crippen molar-refractivity contribution in [3.8, 4) is 0 Å². The fourth-order valence-corrected chi connectivity index (χ4v) is 1.37. The summed E-state index contributed by atoms with van der Waals surface area (Å²) in [5.74, 6) is -1.09. The van der Waals surface area contributed by atoms with Crippen LogP contribution >= 0.6 is 11.6 Å². The van der Waals surface area contributed by atoms with Crippen molar-refractivity contribution >= 4 is 29.2 Å². The second-order valence-corrected chi connectivity index (χ2v) is 3.58. The Morgan fingerprint density at radius 1 is 1.39 bits per heavy atom. The molecule has 0 aliphatic rings. The van der Waals surface area contributed by atoms with E-state index in [9.17, 15) is 14.9 Å². The largest absolute Gasteiger partial charge is 0.433 e. The summed E-state index contributed by atoms with van der Waals surface area (Å²) in [5, 5.41) is 13.0. The van der Waals surface area contributed by atoms with Crippen molar-refractivity contribution in [2.75, 3.05) is 5.32 Å². The van der Waals surface area contributed by atoms with Crippen molar-refractivity contribution < 1.29 is 14.1 Å². The Balaban J connectivity index is 2.14. The van der Waals surface area contributed by atoms with Gasteiger partial charge in [0, 0.05) is 0 Å². The molecule has 0 aromatic carbocycles. The van der Waals surface area contributed by atoms with Crippen molar-refractivity contribution in [1.29, 1.82) is 0 Å². The predicted octanol–water partition coefficient (Wildman–Crippen LogP) is 2.49. The molecule has 92 valence electrons. The number of nitro groups is 1. The number of halogens is 1. The number of carbonyl (C=O) groups excluding carboxylic acids is 1. The van der Waals surface area contributed by atoms with E-state index >= 15 is 0 Å². The fourth-order valence-electron chi connectivity index (χ4n) is 1.20. The number of nitrogens with zero attached hydrogens (tertiary/aromatic N) is 2. The van der Waals surface area contributed by atoms with E-state index in [1.54, 1.807) is 12.1 Å². The van der Waals surface area contributed by atoms with Crippen molar-refractivity contribution in [2.45, 2.75) is 0 Å². The van der Waals surface area contributed by atoms with Crippen molar-refractivity contribution in [1.82, 2.24) is 4.98 Å². The molecule has 2 aromatic heterocycles. The molecule has 8 heteroatoms. The molecule has 2 rings (SSSR count). The Bertz CT molecular complexity index is 611. The molecule has 0 unspecified atom stereocenters. The minimum absolute atomic E-state index is 0.177. The van der Waals surface area contributed by atoms with E-state index in [4.69, 9.17) is 16.0 Å². The van der Waals surface area contributed by atoms with Gasteiger partial charge in [-0.2, -0.15) is 0 Å². The van der Waals surface area contributed by atoms with Crippen LogP contribution in [0.4, 0.5) is 11.7 Å². The number of pyridine rings is 1. The molecule has 0 atom stereocenters. The number of aromatic nitrogens is 1. The molecule has 0 aliphatic carbocycles. The van der Waals surface area contributed by atoms with Gasteiger partial charge in [0.1, 0.15) is 15.9 Å². The van der Waals surface area contributed by atoms with Crippen LogP contribution in [0.15, 0.2) is 34.7 Å². The fraction of sp³-hybridized carbons (Fsp3) is 0. The first-order valence-corrected chi connectivity index (χ1v) is 5.12. The number of hydrogen-bond acceptors (Lipinski definition) is 5. The first-order chi connectivity index (χ1) is 8.56. The van der Waals surface area contributed by atoms with Crippen LogP contribution in [0.2, 0.25) is 5.15 Å². The van der Waals surface area contributed by atoms with Crippen molar-refractivity contribution in [2.24, 2.45) is 0 Å². The van der Waals surface area contributed by atoms with E-state index < -0.39 is 16.7 Å². The Labute approximate surface area is 106 Å². The lowest BCUT2D eigenvalue weighted by Crippen LogP contribution is -2.11. The summed E-state index contributed by atoms with van der Waals surface area (Å²) in [6.45, 7) is 0. The van der Waals surface area contributed by atoms with Gasteiger partial charge in [-0.1, -0.05) is 17.7 Å². The first-order valence-electron chi connectivity index (χ1n) is 4.74. The minimum Gasteiger partial charge on any atom is -0.395 e. The van der Waals surface area contributed by atoms with Crippen LogP contribution in [0.25, 0.3) is 0 Å². The normalized spacial score (nSPS) is 10.1. The van der Waals surface area contributed by atoms with Crippen molar-refractivity contribution in [3.05, 3.63) is 51.4 Å². The van der Waals surface area contributed by atoms with E-state index in [0.717, 1.165) is 6.07 Å². The van der Waals surface area contributed by atoms with Crippen LogP contribution < -0.4 is 5.32 Å². The summed E-state index contributed by atoms with van der Waals surface area (Å²) in [6.07, 6.45) is 0. The average molecular weight is 268 g/mol. The lowest BCUT2D eigenvalue weighted by atomic mass is 10.4. The topological polar surface area (TPSA) is 98.3 Å². The molecule has 0 bridgehead atoms. The predicted molar refractivity (Wildman–Crippen MR) is 62.6 cm³/mol. The van der Waals surface area contributed by atoms with Crippen LogP contribution in [-0.4, -0.2) is 15.8 Å². The zero-order valence-electron chi connectivity index (χ0n) is 8.79. The molecule has 1 N–H and O–H groups in total. The standard InChI is InChI=1S/C10H6ClN3O4/c11-7-2-1-3-8(12-7)13-10(15)6-4-5-9(18-6)14(16)17/h1-5H,(H,12,13,15). The molecule has 7 nitrogen and oxygen atoms in total. The average Bonchev–Trinajstić information content (AvgIpc) is 2.78. The van der Waals surface area contributed by atoms with Gasteiger partial charge < -0.3 is 9.73 Å². The zero-order chi connectivity index (χ0) is 13.1. The summed E-state index contributed by atoms with van der Waals surface area (Å²) in [5.41, 5.74) is 0. The number of hydrogen-bond donors (Lipinski definition) is 1. The molecule has 0 spiro atoms. The van der Waals surface area contributed by atoms with E-state index in [1.165, 1.54) is 12.1 Å². The lowest BCUT2D eigenvalue weighted by Gasteiger charge is -2.01. The van der Waals surface area contributed by atoms with E-state index in [0.29, 0.717) is 0 Å². The third kappa shape index (κ3) is 2.64. The molecule has 0 saturated carbocycles. The highest BCUT2D eigenvalue weighted by atomic mass is 35.5. The van der Waals surface area contributed by atoms with Gasteiger partial charge in [0.25, 0.3) is 5.91 Å². The van der Waals surface area contributed by atoms with Gasteiger partial charge in [-0.15, -0.1) is 0 Å². The molecular formula is C10H6ClN3O4. The molecule has 0 aliphatic heterocycles. The van der Waals surface area contributed by atoms with Gasteiger partial charge >= 0.3 is 5.88 Å². The molecule has 2 heterocycles. The van der Waals surface area contributed by atoms with Crippen LogP contribution in [-0.2, 0) is 0 Å². The summed E-state index contributed by atoms with van der Waals surface area (Å²) < 4.78 is 4.74. The van der Waals surface area contributed by atoms with E-state index in [1.807, 2.05) is 0 Å². The molecule has 1 amide bonds. The van der Waals surface area contributed by atoms with Gasteiger partial charge in [-0.3, -0.25) is 14.9 Å². The molecule has 0 saturated heterocycles. The van der Waals surface area contributed by atoms with E-state index in [-0.39, 0.29) is 16.7 Å². The quantitative estimate of drug-likeness (QED) is 0.523. The molecule has 18 heavy (non-hydrogen) atoms. The van der Waals surface area contributed by atoms with Gasteiger partial charge in [-0.05, 0) is 18.2 Å². The monoisotopic (exact) mass is 267 g/mol. The summed E-state index contributed by atoms with van der Waals surface area (Å²) in [7, 11) is 0. The number of nitrogens with one attached hydrogen (secondary N) is 1. The van der Waals surface area contributed by atoms with Gasteiger partial charge in [0.15, 0.2) is 5.76 Å². The summed E-state index contributed by atoms with van der Waals surface area (Å²) in [6, 6.07) is 6.99. The maximum absolute atomic E-state index is 11.7. The SMILES string of the molecule is O=C(Nc1cccc(Cl)n1)c1ccc([N+](=O)[O-])o1. The number of furan rings is 1. The molecule has 0 radical (unpaired) electrons. The first kappa shape index (κ1) is 12.1. The number of amides is 1. The highest BCUT2D eigenvalue weighted by Gasteiger charge is 2.17. The zero-order valence-corrected chi connectivity index (χ0v) is 9.55. The number of carbonyl (C=O) groups is 1. The Kier molecular flexibility index (Phi) is 3.24. The van der Waals surface area contributed by atoms with Crippen LogP contribution in [0.1, 0.15) is 10.6 Å². The van der Waals surface area contributed by atoms with Gasteiger partial charge in [0.05, 0.1) is 6.07 Å². The van der Waals surface area contributed by atoms with Crippen LogP contribution in [0.5, 0.6) is 0 Å². The third-order valence-electron chi connectivity index (χ3n) is 1.95. The van der Waals surface area contributed by atoms with Crippen LogP contribution in [0, 0.1) is 10.1 Å². The second-order valence-electron chi connectivity index (χ2n) is 3.19. The van der Waals surface area contributed by atoms with Gasteiger partial charge in [0.2, 0.25) is 0 Å². The maximum atomic E-state index is 11.7. The summed E-state index contributed by atoms with van der Waals surface area (Å²) in [4.78, 5) is 25.2. The third-order valence-corrected chi connectivity index (χ3v) is 2.16. The lowest BCUT2D eigenvalue weighted by molar-refractivity contribution is -0.402. The van der Waals surface area contributed by atoms with Crippen molar-refractivity contribution in [3.63, 3.8) is 0 Å². The van der Waals surface area contributed by atoms with E-state index in [2.05, 4.69) is 10.3 Å². The smallest absolute Gasteiger partial charge is 0.395 e. The van der Waals surface area contributed by atoms with Gasteiger partial charge in [-0.25, -0.2) is 4.98 Å². The summed E-state index contributed by atoms with van der Waals surface area (Å²) >= 11 is 5.64. The Hall–Kier alpha value is -2.41. The van der Waals surface area contributed by atoms with Crippen LogP contribution in [0.3, 0.4) is 0 Å². The number of anilines is 1. The molecule has 2 aromatic rings. The highest BCUT2D eigenvalue weighted by molar-refractivity contribution is 6.29. The maximum Gasteiger partial charge on any atom is 0.433 e. The Morgan fingerprint density at radius 2 is 2.17 bits per heavy atom. The minimum atomic E-state index is -0.728. The molecular weight excluding hydrogens is 262 g/mol. The Morgan fingerprint density at radius 3 is 2.78 bits per heavy atom. The molecule has 0 fully saturated rings. The second kappa shape index (κ2) is 4.84.